The van der Waals surface area contributed by atoms with Crippen molar-refractivity contribution in [2.45, 2.75) is 309 Å². The minimum absolute atomic E-state index is 0.0437. The van der Waals surface area contributed by atoms with Crippen LogP contribution in [0.3, 0.4) is 0 Å². The van der Waals surface area contributed by atoms with Crippen LogP contribution < -0.4 is 5.32 Å². The molecule has 0 aliphatic rings. The van der Waals surface area contributed by atoms with Crippen molar-refractivity contribution in [3.63, 3.8) is 0 Å². The Morgan fingerprint density at radius 3 is 1.15 bits per heavy atom. The molecule has 0 rings (SSSR count). The number of unbranched alkanes of at least 4 members (excludes halogenated alkanes) is 36. The van der Waals surface area contributed by atoms with Crippen LogP contribution in [0.1, 0.15) is 296 Å². The SMILES string of the molecule is CCCCCCCC/C=C\CCCCCCCC(=O)OCCCC/C=C\CCCCCCC(=O)NC(CO)C(O)CCCCCCCCCCCCCCCCCCCCCC. The molecule has 0 aliphatic carbocycles. The Morgan fingerprint density at radius 2 is 0.758 bits per heavy atom. The smallest absolute Gasteiger partial charge is 0.305 e. The number of carbonyl (C=O) groups excluding carboxylic acids is 2. The number of esters is 1. The first kappa shape index (κ1) is 60.3. The summed E-state index contributed by atoms with van der Waals surface area (Å²) in [4.78, 5) is 24.5. The van der Waals surface area contributed by atoms with Crippen LogP contribution in [-0.2, 0) is 14.3 Å². The van der Waals surface area contributed by atoms with E-state index < -0.39 is 12.1 Å². The molecule has 0 radical (unpaired) electrons. The summed E-state index contributed by atoms with van der Waals surface area (Å²) in [6.07, 6.45) is 61.6. The van der Waals surface area contributed by atoms with Gasteiger partial charge >= 0.3 is 5.97 Å². The molecule has 0 fully saturated rings. The van der Waals surface area contributed by atoms with Crippen molar-refractivity contribution in [3.05, 3.63) is 24.3 Å². The molecule has 0 saturated heterocycles. The molecule has 0 aromatic rings. The number of rotatable bonds is 51. The number of aliphatic hydroxyl groups excluding tert-OH is 2. The van der Waals surface area contributed by atoms with Crippen LogP contribution in [0, 0.1) is 0 Å². The molecule has 0 spiro atoms. The molecule has 2 atom stereocenters. The van der Waals surface area contributed by atoms with E-state index in [-0.39, 0.29) is 18.5 Å². The number of ether oxygens (including phenoxy) is 1. The van der Waals surface area contributed by atoms with E-state index >= 15 is 0 Å². The number of nitrogens with one attached hydrogen (secondary N) is 1. The number of carbonyl (C=O) groups is 2. The molecule has 62 heavy (non-hydrogen) atoms. The summed E-state index contributed by atoms with van der Waals surface area (Å²) >= 11 is 0. The second kappa shape index (κ2) is 52.0. The number of allylic oxidation sites excluding steroid dienone is 4. The van der Waals surface area contributed by atoms with E-state index in [0.29, 0.717) is 25.9 Å². The monoisotopic (exact) mass is 874 g/mol. The first-order valence-corrected chi connectivity index (χ1v) is 27.6. The van der Waals surface area contributed by atoms with E-state index in [1.165, 1.54) is 186 Å². The average molecular weight is 874 g/mol. The van der Waals surface area contributed by atoms with Crippen molar-refractivity contribution < 1.29 is 24.5 Å². The van der Waals surface area contributed by atoms with Crippen molar-refractivity contribution in [1.82, 2.24) is 5.32 Å². The van der Waals surface area contributed by atoms with Crippen LogP contribution >= 0.6 is 0 Å². The third-order valence-corrected chi connectivity index (χ3v) is 12.7. The predicted octanol–water partition coefficient (Wildman–Crippen LogP) is 16.7. The second-order valence-corrected chi connectivity index (χ2v) is 18.9. The molecular formula is C56H107NO5. The Balaban J connectivity index is 3.52. The molecular weight excluding hydrogens is 767 g/mol. The van der Waals surface area contributed by atoms with Crippen molar-refractivity contribution >= 4 is 11.9 Å². The van der Waals surface area contributed by atoms with Crippen LogP contribution in [0.5, 0.6) is 0 Å². The first-order chi connectivity index (χ1) is 30.5. The van der Waals surface area contributed by atoms with Gasteiger partial charge in [-0.1, -0.05) is 231 Å². The molecule has 3 N–H and O–H groups in total. The fourth-order valence-electron chi connectivity index (χ4n) is 8.45. The summed E-state index contributed by atoms with van der Waals surface area (Å²) < 4.78 is 5.43. The Bertz CT molecular complexity index is 966. The topological polar surface area (TPSA) is 95.9 Å². The van der Waals surface area contributed by atoms with E-state index in [1.54, 1.807) is 0 Å². The lowest BCUT2D eigenvalue weighted by atomic mass is 10.0. The molecule has 6 nitrogen and oxygen atoms in total. The van der Waals surface area contributed by atoms with Gasteiger partial charge in [-0.05, 0) is 77.0 Å². The maximum Gasteiger partial charge on any atom is 0.305 e. The van der Waals surface area contributed by atoms with E-state index in [4.69, 9.17) is 4.74 Å². The van der Waals surface area contributed by atoms with Crippen molar-refractivity contribution in [3.8, 4) is 0 Å². The Morgan fingerprint density at radius 1 is 0.435 bits per heavy atom. The lowest BCUT2D eigenvalue weighted by Crippen LogP contribution is -2.45. The van der Waals surface area contributed by atoms with Crippen molar-refractivity contribution in [2.75, 3.05) is 13.2 Å². The standard InChI is InChI=1S/C56H107NO5/c1-3-5-7-9-11-13-15-17-19-20-21-22-23-25-26-28-32-36-40-44-48-54(59)53(52-58)57-55(60)49-45-41-37-33-30-31-35-39-43-47-51-62-56(61)50-46-42-38-34-29-27-24-18-16-14-12-10-8-6-4-2/h18,24,31,35,53-54,58-59H,3-17,19-23,25-30,32-34,36-52H2,1-2H3,(H,57,60)/b24-18-,35-31-. The average Bonchev–Trinajstić information content (AvgIpc) is 3.27. The summed E-state index contributed by atoms with van der Waals surface area (Å²) in [5, 5.41) is 23.3. The number of hydrogen-bond donors (Lipinski definition) is 3. The van der Waals surface area contributed by atoms with Crippen LogP contribution in [0.25, 0.3) is 0 Å². The minimum atomic E-state index is -0.687. The summed E-state index contributed by atoms with van der Waals surface area (Å²) in [6, 6.07) is -0.568. The molecule has 366 valence electrons. The van der Waals surface area contributed by atoms with Crippen molar-refractivity contribution in [1.29, 1.82) is 0 Å². The highest BCUT2D eigenvalue weighted by Crippen LogP contribution is 2.17. The number of hydrogen-bond acceptors (Lipinski definition) is 5. The van der Waals surface area contributed by atoms with Crippen LogP contribution in [0.15, 0.2) is 24.3 Å². The van der Waals surface area contributed by atoms with Gasteiger partial charge < -0.3 is 20.3 Å². The molecule has 6 heteroatoms. The van der Waals surface area contributed by atoms with Gasteiger partial charge in [-0.2, -0.15) is 0 Å². The van der Waals surface area contributed by atoms with Gasteiger partial charge in [0.1, 0.15) is 0 Å². The van der Waals surface area contributed by atoms with Gasteiger partial charge in [-0.25, -0.2) is 0 Å². The maximum absolute atomic E-state index is 12.5. The van der Waals surface area contributed by atoms with Gasteiger partial charge in [-0.15, -0.1) is 0 Å². The van der Waals surface area contributed by atoms with Gasteiger partial charge in [0, 0.05) is 12.8 Å². The molecule has 2 unspecified atom stereocenters. The Labute approximate surface area is 386 Å². The number of aliphatic hydroxyl groups is 2. The zero-order valence-corrected chi connectivity index (χ0v) is 41.6. The molecule has 0 aromatic carbocycles. The zero-order chi connectivity index (χ0) is 45.1. The van der Waals surface area contributed by atoms with Crippen LogP contribution in [-0.4, -0.2) is 47.4 Å². The molecule has 0 aliphatic heterocycles. The first-order valence-electron chi connectivity index (χ1n) is 27.6. The third kappa shape index (κ3) is 47.8. The fourth-order valence-corrected chi connectivity index (χ4v) is 8.45. The van der Waals surface area contributed by atoms with E-state index in [0.717, 1.165) is 77.0 Å². The zero-order valence-electron chi connectivity index (χ0n) is 41.6. The highest BCUT2D eigenvalue weighted by Gasteiger charge is 2.20. The summed E-state index contributed by atoms with van der Waals surface area (Å²) in [6.45, 7) is 4.87. The summed E-state index contributed by atoms with van der Waals surface area (Å²) in [5.74, 6) is -0.113. The molecule has 0 bridgehead atoms. The quantitative estimate of drug-likeness (QED) is 0.0321. The van der Waals surface area contributed by atoms with Gasteiger partial charge in [0.25, 0.3) is 0 Å². The highest BCUT2D eigenvalue weighted by atomic mass is 16.5. The molecule has 1 amide bonds. The van der Waals surface area contributed by atoms with E-state index in [2.05, 4.69) is 43.5 Å². The lowest BCUT2D eigenvalue weighted by Gasteiger charge is -2.22. The van der Waals surface area contributed by atoms with Crippen LogP contribution in [0.4, 0.5) is 0 Å². The maximum atomic E-state index is 12.5. The Kier molecular flexibility index (Phi) is 50.6. The highest BCUT2D eigenvalue weighted by molar-refractivity contribution is 5.76. The second-order valence-electron chi connectivity index (χ2n) is 18.9. The van der Waals surface area contributed by atoms with Crippen LogP contribution in [0.2, 0.25) is 0 Å². The normalized spacial score (nSPS) is 12.8. The predicted molar refractivity (Wildman–Crippen MR) is 269 cm³/mol. The fraction of sp³-hybridized carbons (Fsp3) is 0.893. The number of amides is 1. The Hall–Kier alpha value is -1.66. The molecule has 0 aromatic heterocycles. The molecule has 0 heterocycles. The summed E-state index contributed by atoms with van der Waals surface area (Å²) in [5.41, 5.74) is 0. The van der Waals surface area contributed by atoms with Gasteiger partial charge in [0.2, 0.25) is 5.91 Å². The summed E-state index contributed by atoms with van der Waals surface area (Å²) in [7, 11) is 0. The van der Waals surface area contributed by atoms with Gasteiger partial charge in [0.15, 0.2) is 0 Å². The molecule has 0 saturated carbocycles. The van der Waals surface area contributed by atoms with Gasteiger partial charge in [-0.3, -0.25) is 9.59 Å². The van der Waals surface area contributed by atoms with E-state index in [1.807, 2.05) is 0 Å². The largest absolute Gasteiger partial charge is 0.466 e. The third-order valence-electron chi connectivity index (χ3n) is 12.7. The lowest BCUT2D eigenvalue weighted by molar-refractivity contribution is -0.143. The van der Waals surface area contributed by atoms with Crippen molar-refractivity contribution in [2.24, 2.45) is 0 Å². The van der Waals surface area contributed by atoms with E-state index in [9.17, 15) is 19.8 Å². The van der Waals surface area contributed by atoms with Gasteiger partial charge in [0.05, 0.1) is 25.4 Å². The minimum Gasteiger partial charge on any atom is -0.466 e.